The standard InChI is InChI=1S/C21H22O2/c1-16-14-20(11-8-17-6-4-3-5-7-17)23-21(15-16)18-9-12-19(22-2)13-10-18/h3-13,20-21H,1,14-15H2,2H3/b11-8+/t20-,21-/m1/s1. The first-order valence-corrected chi connectivity index (χ1v) is 7.94. The Hall–Kier alpha value is -2.32. The van der Waals surface area contributed by atoms with E-state index in [9.17, 15) is 0 Å². The molecule has 2 aromatic carbocycles. The Labute approximate surface area is 138 Å². The Bertz CT molecular complexity index is 671. The number of rotatable bonds is 4. The third-order valence-corrected chi connectivity index (χ3v) is 4.09. The van der Waals surface area contributed by atoms with Crippen molar-refractivity contribution in [3.8, 4) is 5.75 Å². The highest BCUT2D eigenvalue weighted by Gasteiger charge is 2.24. The summed E-state index contributed by atoms with van der Waals surface area (Å²) in [5.74, 6) is 0.865. The molecule has 2 nitrogen and oxygen atoms in total. The van der Waals surface area contributed by atoms with Gasteiger partial charge < -0.3 is 9.47 Å². The first-order chi connectivity index (χ1) is 11.2. The molecule has 118 valence electrons. The van der Waals surface area contributed by atoms with Crippen molar-refractivity contribution in [3.63, 3.8) is 0 Å². The van der Waals surface area contributed by atoms with Gasteiger partial charge in [0, 0.05) is 0 Å². The molecule has 0 N–H and O–H groups in total. The van der Waals surface area contributed by atoms with Gasteiger partial charge in [-0.15, -0.1) is 0 Å². The summed E-state index contributed by atoms with van der Waals surface area (Å²) >= 11 is 0. The van der Waals surface area contributed by atoms with Crippen LogP contribution in [0.15, 0.2) is 72.8 Å². The summed E-state index contributed by atoms with van der Waals surface area (Å²) in [6.07, 6.45) is 6.15. The van der Waals surface area contributed by atoms with Crippen molar-refractivity contribution in [1.29, 1.82) is 0 Å². The number of benzene rings is 2. The predicted molar refractivity (Wildman–Crippen MR) is 94.5 cm³/mol. The number of hydrogen-bond donors (Lipinski definition) is 0. The second-order valence-electron chi connectivity index (χ2n) is 5.86. The van der Waals surface area contributed by atoms with Crippen molar-refractivity contribution < 1.29 is 9.47 Å². The van der Waals surface area contributed by atoms with Crippen LogP contribution >= 0.6 is 0 Å². The van der Waals surface area contributed by atoms with Gasteiger partial charge in [0.15, 0.2) is 0 Å². The molecule has 0 saturated carbocycles. The smallest absolute Gasteiger partial charge is 0.118 e. The number of hydrogen-bond acceptors (Lipinski definition) is 2. The molecule has 1 heterocycles. The normalized spacial score (nSPS) is 21.5. The maximum Gasteiger partial charge on any atom is 0.118 e. The van der Waals surface area contributed by atoms with Crippen molar-refractivity contribution in [3.05, 3.63) is 84.0 Å². The van der Waals surface area contributed by atoms with Crippen LogP contribution in [0, 0.1) is 0 Å². The molecule has 2 aromatic rings. The summed E-state index contributed by atoms with van der Waals surface area (Å²) in [6.45, 7) is 4.19. The molecule has 0 radical (unpaired) electrons. The van der Waals surface area contributed by atoms with Crippen molar-refractivity contribution in [2.45, 2.75) is 25.0 Å². The van der Waals surface area contributed by atoms with Gasteiger partial charge in [-0.25, -0.2) is 0 Å². The summed E-state index contributed by atoms with van der Waals surface area (Å²) < 4.78 is 11.5. The molecule has 0 aromatic heterocycles. The van der Waals surface area contributed by atoms with Crippen LogP contribution in [0.25, 0.3) is 6.08 Å². The van der Waals surface area contributed by atoms with Crippen molar-refractivity contribution in [2.75, 3.05) is 7.11 Å². The fraction of sp³-hybridized carbons (Fsp3) is 0.238. The van der Waals surface area contributed by atoms with Crippen LogP contribution in [-0.4, -0.2) is 13.2 Å². The molecular formula is C21H22O2. The highest BCUT2D eigenvalue weighted by atomic mass is 16.5. The molecular weight excluding hydrogens is 284 g/mol. The average molecular weight is 306 g/mol. The molecule has 0 spiro atoms. The summed E-state index contributed by atoms with van der Waals surface area (Å²) in [5, 5.41) is 0. The van der Waals surface area contributed by atoms with Gasteiger partial charge in [-0.1, -0.05) is 66.8 Å². The van der Waals surface area contributed by atoms with Crippen LogP contribution in [0.3, 0.4) is 0 Å². The van der Waals surface area contributed by atoms with Crippen LogP contribution < -0.4 is 4.74 Å². The zero-order valence-corrected chi connectivity index (χ0v) is 13.4. The fourth-order valence-corrected chi connectivity index (χ4v) is 2.85. The molecule has 0 aliphatic carbocycles. The lowest BCUT2D eigenvalue weighted by molar-refractivity contribution is -0.00680. The van der Waals surface area contributed by atoms with E-state index in [1.807, 2.05) is 30.3 Å². The van der Waals surface area contributed by atoms with Crippen LogP contribution in [0.5, 0.6) is 5.75 Å². The van der Waals surface area contributed by atoms with E-state index in [0.29, 0.717) is 0 Å². The zero-order chi connectivity index (χ0) is 16.1. The second-order valence-corrected chi connectivity index (χ2v) is 5.86. The molecule has 2 atom stereocenters. The SMILES string of the molecule is C=C1C[C@@H](/C=C/c2ccccc2)O[C@@H](c2ccc(OC)cc2)C1. The van der Waals surface area contributed by atoms with E-state index in [4.69, 9.17) is 9.47 Å². The number of methoxy groups -OCH3 is 1. The molecule has 0 unspecified atom stereocenters. The minimum Gasteiger partial charge on any atom is -0.497 e. The van der Waals surface area contributed by atoms with E-state index >= 15 is 0 Å². The molecule has 23 heavy (non-hydrogen) atoms. The maximum absolute atomic E-state index is 6.25. The Morgan fingerprint density at radius 2 is 1.78 bits per heavy atom. The largest absolute Gasteiger partial charge is 0.497 e. The molecule has 2 heteroatoms. The third kappa shape index (κ3) is 4.11. The fourth-order valence-electron chi connectivity index (χ4n) is 2.85. The van der Waals surface area contributed by atoms with Crippen LogP contribution in [0.1, 0.15) is 30.1 Å². The van der Waals surface area contributed by atoms with E-state index in [0.717, 1.165) is 18.6 Å². The maximum atomic E-state index is 6.25. The Morgan fingerprint density at radius 1 is 1.04 bits per heavy atom. The van der Waals surface area contributed by atoms with Gasteiger partial charge in [0.2, 0.25) is 0 Å². The van der Waals surface area contributed by atoms with E-state index in [1.165, 1.54) is 16.7 Å². The van der Waals surface area contributed by atoms with Gasteiger partial charge in [-0.2, -0.15) is 0 Å². The molecule has 0 bridgehead atoms. The van der Waals surface area contributed by atoms with Gasteiger partial charge in [-0.05, 0) is 36.1 Å². The van der Waals surface area contributed by atoms with Gasteiger partial charge in [0.05, 0.1) is 19.3 Å². The highest BCUT2D eigenvalue weighted by molar-refractivity contribution is 5.49. The van der Waals surface area contributed by atoms with Crippen LogP contribution in [0.2, 0.25) is 0 Å². The summed E-state index contributed by atoms with van der Waals surface area (Å²) in [4.78, 5) is 0. The minimum atomic E-state index is 0.0626. The quantitative estimate of drug-likeness (QED) is 0.724. The Kier molecular flexibility index (Phi) is 4.94. The third-order valence-electron chi connectivity index (χ3n) is 4.09. The minimum absolute atomic E-state index is 0.0626. The first-order valence-electron chi connectivity index (χ1n) is 7.94. The van der Waals surface area contributed by atoms with Gasteiger partial charge in [0.1, 0.15) is 5.75 Å². The van der Waals surface area contributed by atoms with Gasteiger partial charge >= 0.3 is 0 Å². The lowest BCUT2D eigenvalue weighted by Gasteiger charge is -2.30. The molecule has 1 aliphatic heterocycles. The summed E-state index contributed by atoms with van der Waals surface area (Å²) in [7, 11) is 1.68. The highest BCUT2D eigenvalue weighted by Crippen LogP contribution is 2.35. The molecule has 1 aliphatic rings. The molecule has 1 fully saturated rings. The summed E-state index contributed by atoms with van der Waals surface area (Å²) in [5.41, 5.74) is 3.60. The monoisotopic (exact) mass is 306 g/mol. The Balaban J connectivity index is 1.71. The van der Waals surface area contributed by atoms with Crippen molar-refractivity contribution in [1.82, 2.24) is 0 Å². The van der Waals surface area contributed by atoms with E-state index in [1.54, 1.807) is 7.11 Å². The van der Waals surface area contributed by atoms with E-state index < -0.39 is 0 Å². The van der Waals surface area contributed by atoms with Crippen molar-refractivity contribution in [2.24, 2.45) is 0 Å². The molecule has 1 saturated heterocycles. The summed E-state index contributed by atoms with van der Waals surface area (Å²) in [6, 6.07) is 18.4. The lowest BCUT2D eigenvalue weighted by Crippen LogP contribution is -2.21. The van der Waals surface area contributed by atoms with E-state index in [-0.39, 0.29) is 12.2 Å². The molecule has 3 rings (SSSR count). The number of ether oxygens (including phenoxy) is 2. The molecule has 0 amide bonds. The zero-order valence-electron chi connectivity index (χ0n) is 13.4. The van der Waals surface area contributed by atoms with E-state index in [2.05, 4.69) is 43.0 Å². The lowest BCUT2D eigenvalue weighted by atomic mass is 9.94. The van der Waals surface area contributed by atoms with Crippen LogP contribution in [-0.2, 0) is 4.74 Å². The topological polar surface area (TPSA) is 18.5 Å². The Morgan fingerprint density at radius 3 is 2.48 bits per heavy atom. The van der Waals surface area contributed by atoms with Gasteiger partial charge in [0.25, 0.3) is 0 Å². The second kappa shape index (κ2) is 7.30. The van der Waals surface area contributed by atoms with Crippen molar-refractivity contribution >= 4 is 6.08 Å². The predicted octanol–water partition coefficient (Wildman–Crippen LogP) is 5.18. The van der Waals surface area contributed by atoms with Crippen LogP contribution in [0.4, 0.5) is 0 Å². The first kappa shape index (κ1) is 15.6. The average Bonchev–Trinajstić information content (AvgIpc) is 2.60. The van der Waals surface area contributed by atoms with Gasteiger partial charge in [-0.3, -0.25) is 0 Å².